The lowest BCUT2D eigenvalue weighted by atomic mass is 9.80. The summed E-state index contributed by atoms with van der Waals surface area (Å²) in [6, 6.07) is 42.6. The maximum atomic E-state index is 9.34. The fourth-order valence-corrected chi connectivity index (χ4v) is 11.0. The molecule has 0 spiro atoms. The van der Waals surface area contributed by atoms with E-state index in [1.54, 1.807) is 25.6 Å². The molecule has 6 rings (SSSR count). The second-order valence-electron chi connectivity index (χ2n) is 16.9. The molecule has 1 atom stereocenters. The van der Waals surface area contributed by atoms with Gasteiger partial charge < -0.3 is 28.2 Å². The van der Waals surface area contributed by atoms with Gasteiger partial charge in [0, 0.05) is 55.8 Å². The number of unbranched alkanes of at least 4 members (excludes halogenated alkanes) is 2. The van der Waals surface area contributed by atoms with Gasteiger partial charge in [-0.1, -0.05) is 81.3 Å². The third kappa shape index (κ3) is 12.7. The van der Waals surface area contributed by atoms with Gasteiger partial charge in [0.2, 0.25) is 5.36 Å². The van der Waals surface area contributed by atoms with Crippen LogP contribution in [0.2, 0.25) is 0 Å². The van der Waals surface area contributed by atoms with Crippen LogP contribution in [-0.2, 0) is 19.4 Å². The van der Waals surface area contributed by atoms with Crippen LogP contribution in [0.4, 0.5) is 5.69 Å². The molecule has 66 heavy (non-hydrogen) atoms. The first-order valence-electron chi connectivity index (χ1n) is 23.5. The first-order chi connectivity index (χ1) is 32.1. The second-order valence-corrected chi connectivity index (χ2v) is 19.5. The third-order valence-corrected chi connectivity index (χ3v) is 14.9. The van der Waals surface area contributed by atoms with Crippen LogP contribution >= 0.6 is 19.9 Å². The normalized spacial score (nSPS) is 12.3. The van der Waals surface area contributed by atoms with Crippen molar-refractivity contribution in [1.29, 1.82) is 5.26 Å². The van der Waals surface area contributed by atoms with Crippen LogP contribution in [0.5, 0.6) is 11.5 Å². The predicted octanol–water partition coefficient (Wildman–Crippen LogP) is 11.9. The number of fused-ring (bicyclic) bond motifs is 2. The van der Waals surface area contributed by atoms with Gasteiger partial charge in [-0.2, -0.15) is 5.26 Å². The maximum absolute atomic E-state index is 9.34. The van der Waals surface area contributed by atoms with Gasteiger partial charge in [0.05, 0.1) is 67.3 Å². The lowest BCUT2D eigenvalue weighted by molar-refractivity contribution is 0.0170. The lowest BCUT2D eigenvalue weighted by Gasteiger charge is -2.37. The van der Waals surface area contributed by atoms with E-state index in [1.165, 1.54) is 35.9 Å². The maximum Gasteiger partial charge on any atom is 0.259 e. The van der Waals surface area contributed by atoms with Crippen LogP contribution in [0, 0.1) is 11.3 Å². The van der Waals surface area contributed by atoms with Gasteiger partial charge in [-0.25, -0.2) is 14.2 Å². The van der Waals surface area contributed by atoms with E-state index in [-0.39, 0.29) is 12.1 Å². The van der Waals surface area contributed by atoms with Crippen molar-refractivity contribution >= 4 is 35.8 Å². The Morgan fingerprint density at radius 2 is 1.30 bits per heavy atom. The largest absolute Gasteiger partial charge is 0.497 e. The molecule has 0 saturated carbocycles. The highest BCUT2D eigenvalue weighted by Crippen LogP contribution is 2.46. The minimum Gasteiger partial charge on any atom is -0.497 e. The number of methoxy groups -OCH3 is 2. The molecule has 1 aliphatic heterocycles. The van der Waals surface area contributed by atoms with E-state index in [0.29, 0.717) is 39.3 Å². The van der Waals surface area contributed by atoms with Crippen LogP contribution < -0.4 is 24.3 Å². The Balaban J connectivity index is 1.40. The van der Waals surface area contributed by atoms with Gasteiger partial charge in [0.1, 0.15) is 30.2 Å². The molecule has 1 aliphatic carbocycles. The summed E-state index contributed by atoms with van der Waals surface area (Å²) >= 11 is 1.79. The number of nitrogens with zero attached hydrogens (tertiary/aromatic N) is 5. The van der Waals surface area contributed by atoms with Crippen molar-refractivity contribution in [2.75, 3.05) is 65.1 Å². The Morgan fingerprint density at radius 1 is 0.712 bits per heavy atom. The summed E-state index contributed by atoms with van der Waals surface area (Å²) in [5, 5.41) is 10.6. The lowest BCUT2D eigenvalue weighted by Crippen LogP contribution is -2.38. The van der Waals surface area contributed by atoms with Crippen LogP contribution in [0.1, 0.15) is 90.3 Å². The van der Waals surface area contributed by atoms with Crippen LogP contribution in [0.25, 0.3) is 20.8 Å². The van der Waals surface area contributed by atoms with E-state index in [0.717, 1.165) is 62.9 Å². The zero-order valence-electron chi connectivity index (χ0n) is 40.2. The fraction of sp³-hybridized carbons (Fsp3) is 0.426. The Hall–Kier alpha value is -4.92. The summed E-state index contributed by atoms with van der Waals surface area (Å²) < 4.78 is 37.5. The Labute approximate surface area is 398 Å². The molecule has 1 unspecified atom stereocenters. The average molecular weight is 931 g/mol. The van der Waals surface area contributed by atoms with E-state index in [4.69, 9.17) is 28.2 Å². The predicted molar refractivity (Wildman–Crippen MR) is 273 cm³/mol. The molecule has 0 fully saturated rings. The minimum absolute atomic E-state index is 0.194. The van der Waals surface area contributed by atoms with E-state index in [2.05, 4.69) is 147 Å². The number of nitriles is 1. The van der Waals surface area contributed by atoms with Crippen molar-refractivity contribution in [3.8, 4) is 28.1 Å². The zero-order chi connectivity index (χ0) is 46.9. The molecule has 12 heteroatoms. The summed E-state index contributed by atoms with van der Waals surface area (Å²) in [6.45, 7) is 17.5. The highest BCUT2D eigenvalue weighted by Gasteiger charge is 2.38. The summed E-state index contributed by atoms with van der Waals surface area (Å²) in [7, 11) is 1.95. The molecular formula is C54H69N5O5PS+. The highest BCUT2D eigenvalue weighted by molar-refractivity contribution is 7.44. The van der Waals surface area contributed by atoms with Gasteiger partial charge in [-0.15, -0.1) is 11.3 Å². The monoisotopic (exact) mass is 930 g/mol. The molecule has 0 bridgehead atoms. The number of hydrogen-bond donors (Lipinski definition) is 0. The van der Waals surface area contributed by atoms with Crippen molar-refractivity contribution in [2.45, 2.75) is 91.3 Å². The van der Waals surface area contributed by atoms with Gasteiger partial charge >= 0.3 is 0 Å². The Kier molecular flexibility index (Phi) is 19.3. The van der Waals surface area contributed by atoms with Gasteiger partial charge in [0.15, 0.2) is 0 Å². The SMILES string of the molecule is CCCC[N+](CCCC)=c1ccc2nc3ccc(N(CCOP(OCCC#N)N(C(C)C)C(C)C)CCOC(c4ccccc4)(c4ccc(OC)cc4)c4ccc(OC)cc4)cc3sc-2c1. The molecule has 1 heterocycles. The zero-order valence-corrected chi connectivity index (χ0v) is 42.0. The fourth-order valence-electron chi connectivity index (χ4n) is 8.36. The van der Waals surface area contributed by atoms with E-state index in [1.807, 2.05) is 30.3 Å². The quantitative estimate of drug-likeness (QED) is 0.0173. The Morgan fingerprint density at radius 3 is 1.88 bits per heavy atom. The third-order valence-electron chi connectivity index (χ3n) is 11.7. The van der Waals surface area contributed by atoms with Crippen LogP contribution in [0.3, 0.4) is 0 Å². The smallest absolute Gasteiger partial charge is 0.259 e. The van der Waals surface area contributed by atoms with E-state index >= 15 is 0 Å². The number of anilines is 1. The summed E-state index contributed by atoms with van der Waals surface area (Å²) in [5.41, 5.74) is 5.02. The minimum atomic E-state index is -1.42. The molecule has 350 valence electrons. The average Bonchev–Trinajstić information content (AvgIpc) is 3.34. The summed E-state index contributed by atoms with van der Waals surface area (Å²) in [4.78, 5) is 8.68. The van der Waals surface area contributed by atoms with Crippen molar-refractivity contribution in [3.63, 3.8) is 0 Å². The molecule has 0 saturated heterocycles. The number of rotatable bonds is 26. The molecule has 4 aromatic rings. The molecule has 0 amide bonds. The molecule has 0 N–H and O–H groups in total. The van der Waals surface area contributed by atoms with E-state index in [9.17, 15) is 5.26 Å². The van der Waals surface area contributed by atoms with Crippen LogP contribution in [0.15, 0.2) is 115 Å². The van der Waals surface area contributed by atoms with Crippen LogP contribution in [-0.4, -0.2) is 82.0 Å². The second kappa shape index (κ2) is 25.3. The molecular weight excluding hydrogens is 862 g/mol. The first-order valence-corrected chi connectivity index (χ1v) is 25.5. The van der Waals surface area contributed by atoms with E-state index < -0.39 is 14.1 Å². The van der Waals surface area contributed by atoms with Gasteiger partial charge in [-0.05, 0) is 92.9 Å². The first kappa shape index (κ1) is 50.5. The number of hydrogen-bond acceptors (Lipinski definition) is 10. The van der Waals surface area contributed by atoms with Gasteiger partial charge in [-0.3, -0.25) is 0 Å². The van der Waals surface area contributed by atoms with Gasteiger partial charge in [0.25, 0.3) is 8.53 Å². The highest BCUT2D eigenvalue weighted by atomic mass is 32.1. The number of benzene rings is 5. The van der Waals surface area contributed by atoms with Crippen molar-refractivity contribution < 1.29 is 23.3 Å². The molecule has 4 aromatic carbocycles. The molecule has 0 radical (unpaired) electrons. The molecule has 10 nitrogen and oxygen atoms in total. The van der Waals surface area contributed by atoms with Crippen molar-refractivity contribution in [1.82, 2.24) is 14.2 Å². The number of ether oxygens (including phenoxy) is 3. The summed E-state index contributed by atoms with van der Waals surface area (Å²) in [6.07, 6.45) is 4.97. The summed E-state index contributed by atoms with van der Waals surface area (Å²) in [5.74, 6) is 1.54. The molecule has 2 aliphatic rings. The topological polar surface area (TPSA) is 92.3 Å². The number of aromatic nitrogens is 1. The van der Waals surface area contributed by atoms with Crippen molar-refractivity contribution in [2.24, 2.45) is 0 Å². The Bertz CT molecular complexity index is 2410. The standard InChI is InChI=1S/C54H69N5O5PS/c1-9-11-32-57(33-12-10-2)46-23-29-50-52(39-46)66-53-40-47(24-30-51(53)56-50)58(35-38-64-65(63-36-16-31-55)59(41(3)4)42(5)6)34-37-62-54(43-17-14-13-15-18-43,44-19-25-48(60-7)26-20-44)45-21-27-49(61-8)28-22-45/h13-15,17-30,39-42H,9-12,16,32-38H2,1-8H3/q+1. The van der Waals surface area contributed by atoms with Crippen molar-refractivity contribution in [3.05, 3.63) is 137 Å². The molecule has 0 aromatic heterocycles.